The van der Waals surface area contributed by atoms with Crippen LogP contribution < -0.4 is 20.5 Å². The van der Waals surface area contributed by atoms with E-state index in [-0.39, 0.29) is 46.8 Å². The van der Waals surface area contributed by atoms with Gasteiger partial charge in [-0.1, -0.05) is 6.07 Å². The molecule has 1 aromatic carbocycles. The number of amides is 1. The second-order valence-electron chi connectivity index (χ2n) is 8.84. The first kappa shape index (κ1) is 26.5. The maximum atomic E-state index is 14.1. The highest BCUT2D eigenvalue weighted by Gasteiger charge is 2.30. The molecule has 4 rings (SSSR count). The maximum Gasteiger partial charge on any atom is 0.407 e. The van der Waals surface area contributed by atoms with Gasteiger partial charge in [0.25, 0.3) is 5.56 Å². The van der Waals surface area contributed by atoms with Gasteiger partial charge in [0.2, 0.25) is 11.8 Å². The van der Waals surface area contributed by atoms with Crippen molar-refractivity contribution in [2.24, 2.45) is 0 Å². The van der Waals surface area contributed by atoms with Crippen molar-refractivity contribution in [2.45, 2.75) is 45.6 Å². The van der Waals surface area contributed by atoms with Crippen molar-refractivity contribution in [1.82, 2.24) is 19.9 Å². The first-order valence-corrected chi connectivity index (χ1v) is 12.5. The summed E-state index contributed by atoms with van der Waals surface area (Å²) in [5, 5.41) is 2.84. The number of carbonyl (C=O) groups excluding carboxylic acids is 1. The van der Waals surface area contributed by atoms with Gasteiger partial charge in [-0.15, -0.1) is 0 Å². The van der Waals surface area contributed by atoms with Gasteiger partial charge in [-0.2, -0.15) is 4.98 Å². The second-order valence-corrected chi connectivity index (χ2v) is 9.63. The number of anilines is 1. The molecule has 9 nitrogen and oxygen atoms in total. The fraction of sp³-hybridized carbons (Fsp3) is 0.360. The predicted molar refractivity (Wildman–Crippen MR) is 135 cm³/mol. The zero-order chi connectivity index (χ0) is 26.5. The van der Waals surface area contributed by atoms with E-state index >= 15 is 0 Å². The fourth-order valence-electron chi connectivity index (χ4n) is 3.95. The van der Waals surface area contributed by atoms with E-state index in [1.54, 1.807) is 18.5 Å². The van der Waals surface area contributed by atoms with Crippen LogP contribution in [-0.2, 0) is 18.0 Å². The summed E-state index contributed by atoms with van der Waals surface area (Å²) in [7, 11) is 0. The van der Waals surface area contributed by atoms with Crippen LogP contribution in [0.25, 0.3) is 0 Å². The Bertz CT molecular complexity index is 1320. The lowest BCUT2D eigenvalue weighted by Crippen LogP contribution is -2.39. The van der Waals surface area contributed by atoms with Gasteiger partial charge in [0.1, 0.15) is 29.3 Å². The third-order valence-electron chi connectivity index (χ3n) is 5.79. The molecule has 196 valence electrons. The van der Waals surface area contributed by atoms with Crippen LogP contribution in [0.4, 0.5) is 19.5 Å². The number of halogens is 3. The highest BCUT2D eigenvalue weighted by Crippen LogP contribution is 2.28. The molecule has 3 heterocycles. The van der Waals surface area contributed by atoms with Gasteiger partial charge < -0.3 is 19.7 Å². The average Bonchev–Trinajstić information content (AvgIpc) is 3.33. The molecule has 0 spiro atoms. The lowest BCUT2D eigenvalue weighted by molar-refractivity contribution is 0.136. The van der Waals surface area contributed by atoms with Gasteiger partial charge in [0, 0.05) is 48.7 Å². The zero-order valence-corrected chi connectivity index (χ0v) is 21.9. The minimum atomic E-state index is -0.754. The Balaban J connectivity index is 1.47. The highest BCUT2D eigenvalue weighted by molar-refractivity contribution is 9.10. The topological polar surface area (TPSA) is 98.6 Å². The largest absolute Gasteiger partial charge is 0.472 e. The summed E-state index contributed by atoms with van der Waals surface area (Å²) in [5.41, 5.74) is 0.542. The quantitative estimate of drug-likeness (QED) is 0.425. The van der Waals surface area contributed by atoms with Crippen molar-refractivity contribution in [3.05, 3.63) is 80.3 Å². The van der Waals surface area contributed by atoms with Crippen LogP contribution in [-0.4, -0.2) is 39.8 Å². The molecule has 1 saturated heterocycles. The van der Waals surface area contributed by atoms with E-state index in [1.165, 1.54) is 10.6 Å². The summed E-state index contributed by atoms with van der Waals surface area (Å²) in [6, 6.07) is 6.31. The molecule has 1 atom stereocenters. The van der Waals surface area contributed by atoms with Gasteiger partial charge in [0.15, 0.2) is 0 Å². The van der Waals surface area contributed by atoms with Crippen LogP contribution in [0.5, 0.6) is 5.88 Å². The van der Waals surface area contributed by atoms with Crippen molar-refractivity contribution < 1.29 is 23.0 Å². The van der Waals surface area contributed by atoms with Crippen LogP contribution in [0, 0.1) is 11.6 Å². The molecule has 3 aromatic rings. The number of rotatable bonds is 8. The Hall–Kier alpha value is -3.54. The standard InChI is InChI=1S/C25H26BrF2N5O4/c1-15(2)33-23(34)21(26)22(36-14-17-5-6-18(27)10-20(17)28)31-24(33)32-9-7-19(12-32)30-25(35)37-13-16-4-3-8-29-11-16/h3-6,8,10-11,15,19H,7,9,12-14H2,1-2H3,(H,30,35)/t19-/m1/s1. The van der Waals surface area contributed by atoms with E-state index in [0.29, 0.717) is 25.5 Å². The molecule has 0 unspecified atom stereocenters. The number of nitrogens with zero attached hydrogens (tertiary/aromatic N) is 4. The van der Waals surface area contributed by atoms with Crippen LogP contribution in [0.2, 0.25) is 0 Å². The Kier molecular flexibility index (Phi) is 8.37. The van der Waals surface area contributed by atoms with Crippen molar-refractivity contribution in [3.63, 3.8) is 0 Å². The molecular formula is C25H26BrF2N5O4. The van der Waals surface area contributed by atoms with Gasteiger partial charge >= 0.3 is 6.09 Å². The van der Waals surface area contributed by atoms with Crippen molar-refractivity contribution >= 4 is 28.0 Å². The van der Waals surface area contributed by atoms with Crippen LogP contribution in [0.3, 0.4) is 0 Å². The number of pyridine rings is 1. The normalized spacial score (nSPS) is 15.2. The monoisotopic (exact) mass is 577 g/mol. The molecular weight excluding hydrogens is 552 g/mol. The Morgan fingerprint density at radius 2 is 2.08 bits per heavy atom. The molecule has 0 aliphatic carbocycles. The number of hydrogen-bond acceptors (Lipinski definition) is 7. The number of carbonyl (C=O) groups is 1. The van der Waals surface area contributed by atoms with Gasteiger partial charge in [-0.05, 0) is 54.4 Å². The van der Waals surface area contributed by atoms with Crippen molar-refractivity contribution in [3.8, 4) is 5.88 Å². The lowest BCUT2D eigenvalue weighted by atomic mass is 10.2. The molecule has 1 N–H and O–H groups in total. The summed E-state index contributed by atoms with van der Waals surface area (Å²) in [6.07, 6.45) is 3.33. The molecule has 0 saturated carbocycles. The molecule has 12 heteroatoms. The summed E-state index contributed by atoms with van der Waals surface area (Å²) in [5.74, 6) is -1.09. The summed E-state index contributed by atoms with van der Waals surface area (Å²) < 4.78 is 39.8. The van der Waals surface area contributed by atoms with Crippen molar-refractivity contribution in [1.29, 1.82) is 0 Å². The molecule has 1 aliphatic heterocycles. The molecule has 1 aliphatic rings. The van der Waals surface area contributed by atoms with Crippen LogP contribution in [0.1, 0.15) is 37.4 Å². The summed E-state index contributed by atoms with van der Waals surface area (Å²) in [6.45, 7) is 4.50. The zero-order valence-electron chi connectivity index (χ0n) is 20.3. The first-order valence-electron chi connectivity index (χ1n) is 11.7. The number of alkyl carbamates (subject to hydrolysis) is 1. The Morgan fingerprint density at radius 3 is 2.78 bits per heavy atom. The maximum absolute atomic E-state index is 14.1. The average molecular weight is 578 g/mol. The Morgan fingerprint density at radius 1 is 1.27 bits per heavy atom. The third-order valence-corrected chi connectivity index (χ3v) is 6.47. The number of aromatic nitrogens is 3. The fourth-order valence-corrected chi connectivity index (χ4v) is 4.35. The Labute approximate surface area is 220 Å². The van der Waals surface area contributed by atoms with E-state index in [2.05, 4.69) is 31.2 Å². The van der Waals surface area contributed by atoms with E-state index in [4.69, 9.17) is 9.47 Å². The number of ether oxygens (including phenoxy) is 2. The summed E-state index contributed by atoms with van der Waals surface area (Å²) in [4.78, 5) is 35.9. The molecule has 0 radical (unpaired) electrons. The minimum Gasteiger partial charge on any atom is -0.472 e. The van der Waals surface area contributed by atoms with Gasteiger partial charge in [0.05, 0.1) is 6.04 Å². The third kappa shape index (κ3) is 6.43. The molecule has 0 bridgehead atoms. The lowest BCUT2D eigenvalue weighted by Gasteiger charge is -2.25. The number of hydrogen-bond donors (Lipinski definition) is 1. The second kappa shape index (κ2) is 11.7. The SMILES string of the molecule is CC(C)n1c(N2CC[C@@H](NC(=O)OCc3cccnc3)C2)nc(OCc2ccc(F)cc2F)c(Br)c1=O. The van der Waals surface area contributed by atoms with Crippen LogP contribution >= 0.6 is 15.9 Å². The minimum absolute atomic E-state index is 0.00656. The first-order chi connectivity index (χ1) is 17.7. The number of nitrogens with one attached hydrogen (secondary N) is 1. The van der Waals surface area contributed by atoms with E-state index in [0.717, 1.165) is 17.7 Å². The summed E-state index contributed by atoms with van der Waals surface area (Å²) >= 11 is 3.26. The van der Waals surface area contributed by atoms with Crippen LogP contribution in [0.15, 0.2) is 52.0 Å². The smallest absolute Gasteiger partial charge is 0.407 e. The molecule has 2 aromatic heterocycles. The van der Waals surface area contributed by atoms with E-state index in [1.807, 2.05) is 24.8 Å². The van der Waals surface area contributed by atoms with Gasteiger partial charge in [-0.3, -0.25) is 14.3 Å². The molecule has 37 heavy (non-hydrogen) atoms. The van der Waals surface area contributed by atoms with Crippen molar-refractivity contribution in [2.75, 3.05) is 18.0 Å². The van der Waals surface area contributed by atoms with E-state index < -0.39 is 17.7 Å². The highest BCUT2D eigenvalue weighted by atomic mass is 79.9. The van der Waals surface area contributed by atoms with E-state index in [9.17, 15) is 18.4 Å². The van der Waals surface area contributed by atoms with Gasteiger partial charge in [-0.25, -0.2) is 13.6 Å². The predicted octanol–water partition coefficient (Wildman–Crippen LogP) is 4.34. The molecule has 1 amide bonds. The number of benzene rings is 1. The molecule has 1 fully saturated rings.